The standard InChI is InChI=1S/C23H22N2O4S/c1-13-16-11-19(28-3)18(27-2)10-14(16)8-9-25(13)23(26)21-17-12-30-20-7-5-4-6-15(20)22(17)29-24-21/h4-7,10-11,13H,8-9,12H2,1-3H3/t13-/m0/s1. The van der Waals surface area contributed by atoms with E-state index < -0.39 is 0 Å². The molecule has 0 saturated heterocycles. The lowest BCUT2D eigenvalue weighted by molar-refractivity contribution is 0.0666. The van der Waals surface area contributed by atoms with Crippen molar-refractivity contribution in [3.8, 4) is 22.8 Å². The second-order valence-electron chi connectivity index (χ2n) is 7.45. The van der Waals surface area contributed by atoms with Gasteiger partial charge in [0.15, 0.2) is 23.0 Å². The van der Waals surface area contributed by atoms with Gasteiger partial charge in [0.05, 0.1) is 20.3 Å². The van der Waals surface area contributed by atoms with Crippen molar-refractivity contribution in [3.05, 3.63) is 58.8 Å². The van der Waals surface area contributed by atoms with E-state index in [4.69, 9.17) is 14.0 Å². The van der Waals surface area contributed by atoms with Crippen LogP contribution in [0.1, 0.15) is 40.1 Å². The summed E-state index contributed by atoms with van der Waals surface area (Å²) in [5, 5.41) is 4.20. The number of amides is 1. The molecule has 3 heterocycles. The number of fused-ring (bicyclic) bond motifs is 4. The molecule has 2 aliphatic heterocycles. The molecule has 3 aromatic rings. The lowest BCUT2D eigenvalue weighted by atomic mass is 9.92. The monoisotopic (exact) mass is 422 g/mol. The van der Waals surface area contributed by atoms with Crippen molar-refractivity contribution >= 4 is 17.7 Å². The summed E-state index contributed by atoms with van der Waals surface area (Å²) in [7, 11) is 3.26. The minimum atomic E-state index is -0.100. The van der Waals surface area contributed by atoms with E-state index in [2.05, 4.69) is 11.2 Å². The Morgan fingerprint density at radius 3 is 2.77 bits per heavy atom. The van der Waals surface area contributed by atoms with Crippen molar-refractivity contribution in [1.29, 1.82) is 0 Å². The third-order valence-electron chi connectivity index (χ3n) is 5.94. The Labute approximate surface area is 179 Å². The molecule has 6 nitrogen and oxygen atoms in total. The van der Waals surface area contributed by atoms with Crippen LogP contribution in [-0.2, 0) is 12.2 Å². The first-order valence-corrected chi connectivity index (χ1v) is 10.9. The highest BCUT2D eigenvalue weighted by Gasteiger charge is 2.35. The van der Waals surface area contributed by atoms with Gasteiger partial charge in [-0.2, -0.15) is 0 Å². The van der Waals surface area contributed by atoms with Crippen LogP contribution in [0.2, 0.25) is 0 Å². The van der Waals surface area contributed by atoms with Crippen molar-refractivity contribution in [2.24, 2.45) is 0 Å². The van der Waals surface area contributed by atoms with Gasteiger partial charge in [-0.05, 0) is 48.7 Å². The summed E-state index contributed by atoms with van der Waals surface area (Å²) in [4.78, 5) is 16.5. The van der Waals surface area contributed by atoms with Crippen LogP contribution in [0, 0.1) is 0 Å². The Balaban J connectivity index is 1.49. The smallest absolute Gasteiger partial charge is 0.276 e. The molecule has 2 aromatic carbocycles. The molecule has 0 radical (unpaired) electrons. The van der Waals surface area contributed by atoms with Gasteiger partial charge in [-0.25, -0.2) is 0 Å². The molecule has 0 fully saturated rings. The number of ether oxygens (including phenoxy) is 2. The Bertz CT molecular complexity index is 1140. The van der Waals surface area contributed by atoms with E-state index >= 15 is 0 Å². The van der Waals surface area contributed by atoms with Crippen molar-refractivity contribution < 1.29 is 18.8 Å². The molecule has 0 spiro atoms. The molecular formula is C23H22N2O4S. The third kappa shape index (κ3) is 2.88. The molecule has 154 valence electrons. The zero-order chi connectivity index (χ0) is 20.8. The summed E-state index contributed by atoms with van der Waals surface area (Å²) in [5.41, 5.74) is 4.56. The molecule has 2 aliphatic rings. The Morgan fingerprint density at radius 2 is 1.97 bits per heavy atom. The number of benzene rings is 2. The average Bonchev–Trinajstić information content (AvgIpc) is 3.23. The summed E-state index contributed by atoms with van der Waals surface area (Å²) in [6.45, 7) is 2.66. The van der Waals surface area contributed by atoms with Gasteiger partial charge in [0, 0.05) is 28.3 Å². The normalized spacial score (nSPS) is 17.0. The lowest BCUT2D eigenvalue weighted by Gasteiger charge is -2.35. The van der Waals surface area contributed by atoms with Crippen LogP contribution in [0.3, 0.4) is 0 Å². The Kier molecular flexibility index (Phi) is 4.70. The fraction of sp³-hybridized carbons (Fsp3) is 0.304. The molecule has 5 rings (SSSR count). The van der Waals surface area contributed by atoms with Crippen molar-refractivity contribution in [3.63, 3.8) is 0 Å². The van der Waals surface area contributed by atoms with E-state index in [1.807, 2.05) is 42.2 Å². The Morgan fingerprint density at radius 1 is 1.20 bits per heavy atom. The van der Waals surface area contributed by atoms with Crippen LogP contribution < -0.4 is 9.47 Å². The van der Waals surface area contributed by atoms with E-state index in [0.29, 0.717) is 35.3 Å². The van der Waals surface area contributed by atoms with E-state index in [1.165, 1.54) is 5.56 Å². The number of carbonyl (C=O) groups is 1. The maximum absolute atomic E-state index is 13.5. The summed E-state index contributed by atoms with van der Waals surface area (Å²) in [6, 6.07) is 12.0. The van der Waals surface area contributed by atoms with Gasteiger partial charge in [-0.3, -0.25) is 4.79 Å². The second kappa shape index (κ2) is 7.40. The van der Waals surface area contributed by atoms with Gasteiger partial charge < -0.3 is 18.9 Å². The zero-order valence-corrected chi connectivity index (χ0v) is 17.9. The number of hydrogen-bond acceptors (Lipinski definition) is 6. The predicted octanol–water partition coefficient (Wildman–Crippen LogP) is 4.72. The minimum Gasteiger partial charge on any atom is -0.493 e. The molecule has 30 heavy (non-hydrogen) atoms. The second-order valence-corrected chi connectivity index (χ2v) is 8.47. The molecule has 1 atom stereocenters. The number of carbonyl (C=O) groups excluding carboxylic acids is 1. The van der Waals surface area contributed by atoms with Crippen molar-refractivity contribution in [2.45, 2.75) is 30.0 Å². The first-order valence-electron chi connectivity index (χ1n) is 9.89. The van der Waals surface area contributed by atoms with Gasteiger partial charge in [-0.15, -0.1) is 11.8 Å². The van der Waals surface area contributed by atoms with Crippen LogP contribution >= 0.6 is 11.8 Å². The molecule has 0 N–H and O–H groups in total. The van der Waals surface area contributed by atoms with Crippen LogP contribution in [0.4, 0.5) is 0 Å². The number of rotatable bonds is 3. The molecule has 0 bridgehead atoms. The first-order chi connectivity index (χ1) is 14.6. The Hall–Kier alpha value is -2.93. The number of hydrogen-bond donors (Lipinski definition) is 0. The molecular weight excluding hydrogens is 400 g/mol. The van der Waals surface area contributed by atoms with E-state index in [1.54, 1.807) is 26.0 Å². The van der Waals surface area contributed by atoms with Gasteiger partial charge in [0.2, 0.25) is 0 Å². The topological polar surface area (TPSA) is 64.8 Å². The highest BCUT2D eigenvalue weighted by molar-refractivity contribution is 7.98. The van der Waals surface area contributed by atoms with E-state index in [-0.39, 0.29) is 11.9 Å². The molecule has 0 saturated carbocycles. The number of nitrogens with zero attached hydrogens (tertiary/aromatic N) is 2. The lowest BCUT2D eigenvalue weighted by Crippen LogP contribution is -2.39. The summed E-state index contributed by atoms with van der Waals surface area (Å²) < 4.78 is 16.5. The van der Waals surface area contributed by atoms with Crippen LogP contribution in [0.25, 0.3) is 11.3 Å². The number of thioether (sulfide) groups is 1. The average molecular weight is 423 g/mol. The van der Waals surface area contributed by atoms with Gasteiger partial charge in [-0.1, -0.05) is 17.3 Å². The summed E-state index contributed by atoms with van der Waals surface area (Å²) in [6.07, 6.45) is 0.753. The third-order valence-corrected chi connectivity index (χ3v) is 7.04. The fourth-order valence-corrected chi connectivity index (χ4v) is 5.37. The fourth-order valence-electron chi connectivity index (χ4n) is 4.31. The van der Waals surface area contributed by atoms with E-state index in [9.17, 15) is 4.79 Å². The molecule has 7 heteroatoms. The number of aromatic nitrogens is 1. The SMILES string of the molecule is COc1cc2c(cc1OC)[C@H](C)N(C(=O)c1noc3c1CSc1ccccc1-3)CC2. The maximum Gasteiger partial charge on any atom is 0.276 e. The van der Waals surface area contributed by atoms with Gasteiger partial charge in [0.1, 0.15) is 0 Å². The molecule has 0 aliphatic carbocycles. The highest BCUT2D eigenvalue weighted by Crippen LogP contribution is 2.44. The molecule has 1 aromatic heterocycles. The maximum atomic E-state index is 13.5. The quantitative estimate of drug-likeness (QED) is 0.608. The highest BCUT2D eigenvalue weighted by atomic mass is 32.2. The summed E-state index contributed by atoms with van der Waals surface area (Å²) >= 11 is 1.71. The van der Waals surface area contributed by atoms with Gasteiger partial charge >= 0.3 is 0 Å². The van der Waals surface area contributed by atoms with Crippen LogP contribution in [0.15, 0.2) is 45.8 Å². The van der Waals surface area contributed by atoms with Crippen LogP contribution in [0.5, 0.6) is 11.5 Å². The van der Waals surface area contributed by atoms with Crippen LogP contribution in [-0.4, -0.2) is 36.7 Å². The van der Waals surface area contributed by atoms with Crippen molar-refractivity contribution in [2.75, 3.05) is 20.8 Å². The molecule has 1 amide bonds. The first kappa shape index (κ1) is 19.1. The minimum absolute atomic E-state index is 0.0899. The summed E-state index contributed by atoms with van der Waals surface area (Å²) in [5.74, 6) is 2.69. The predicted molar refractivity (Wildman–Crippen MR) is 114 cm³/mol. The molecule has 0 unspecified atom stereocenters. The van der Waals surface area contributed by atoms with Crippen molar-refractivity contribution in [1.82, 2.24) is 10.1 Å². The zero-order valence-electron chi connectivity index (χ0n) is 17.1. The largest absolute Gasteiger partial charge is 0.493 e. The number of methoxy groups -OCH3 is 2. The van der Waals surface area contributed by atoms with Gasteiger partial charge in [0.25, 0.3) is 5.91 Å². The van der Waals surface area contributed by atoms with E-state index in [0.717, 1.165) is 28.0 Å².